The first-order chi connectivity index (χ1) is 16.2. The third-order valence-corrected chi connectivity index (χ3v) is 6.08. The van der Waals surface area contributed by atoms with Crippen molar-refractivity contribution in [2.75, 3.05) is 6.61 Å². The standard InChI is InChI=1S/C19H21F2N3O2.C5H11NO2/c1-24-18-16(21)15(25-13-7-11(8-13)10-22)9-14(20)17(18)23-19(24)26-12-5-3-2-4-6-12;1-4(3-7)6-5(2)8/h9,11-13H,2-8H2,1H3;4,7H,3H2,1-2H3,(H,6,8). The summed E-state index contributed by atoms with van der Waals surface area (Å²) in [7, 11) is 1.62. The van der Waals surface area contributed by atoms with Gasteiger partial charge in [-0.25, -0.2) is 8.78 Å². The van der Waals surface area contributed by atoms with Crippen LogP contribution >= 0.6 is 0 Å². The largest absolute Gasteiger partial charge is 0.487 e. The van der Waals surface area contributed by atoms with Gasteiger partial charge in [0, 0.05) is 38.9 Å². The monoisotopic (exact) mass is 478 g/mol. The lowest BCUT2D eigenvalue weighted by Gasteiger charge is -2.31. The molecule has 2 N–H and O–H groups in total. The molecule has 0 bridgehead atoms. The molecule has 186 valence electrons. The fourth-order valence-electron chi connectivity index (χ4n) is 4.12. The Morgan fingerprint density at radius 1 is 1.29 bits per heavy atom. The maximum absolute atomic E-state index is 14.9. The van der Waals surface area contributed by atoms with Crippen LogP contribution in [0, 0.1) is 28.9 Å². The van der Waals surface area contributed by atoms with Gasteiger partial charge in [0.1, 0.15) is 23.2 Å². The van der Waals surface area contributed by atoms with Crippen LogP contribution in [0.4, 0.5) is 8.78 Å². The summed E-state index contributed by atoms with van der Waals surface area (Å²) in [6.45, 7) is 3.16. The molecule has 1 amide bonds. The van der Waals surface area contributed by atoms with Gasteiger partial charge in [-0.1, -0.05) is 6.42 Å². The van der Waals surface area contributed by atoms with Crippen molar-refractivity contribution in [2.45, 2.75) is 77.0 Å². The number of imidazole rings is 1. The summed E-state index contributed by atoms with van der Waals surface area (Å²) in [5, 5.41) is 19.7. The highest BCUT2D eigenvalue weighted by molar-refractivity contribution is 5.80. The third kappa shape index (κ3) is 6.14. The molecular weight excluding hydrogens is 446 g/mol. The number of amides is 1. The first-order valence-electron chi connectivity index (χ1n) is 11.7. The Labute approximate surface area is 197 Å². The quantitative estimate of drug-likeness (QED) is 0.655. The van der Waals surface area contributed by atoms with Crippen LogP contribution in [0.15, 0.2) is 6.07 Å². The molecule has 2 fully saturated rings. The van der Waals surface area contributed by atoms with Crippen LogP contribution < -0.4 is 14.8 Å². The van der Waals surface area contributed by atoms with Crippen molar-refractivity contribution in [3.8, 4) is 17.8 Å². The predicted octanol–water partition coefficient (Wildman–Crippen LogP) is 3.75. The number of carbonyl (C=O) groups is 1. The number of nitrogens with one attached hydrogen (secondary N) is 1. The average molecular weight is 479 g/mol. The first-order valence-corrected chi connectivity index (χ1v) is 11.7. The number of halogens is 2. The van der Waals surface area contributed by atoms with Gasteiger partial charge in [-0.3, -0.25) is 9.36 Å². The Bertz CT molecular complexity index is 1040. The predicted molar refractivity (Wildman–Crippen MR) is 121 cm³/mol. The van der Waals surface area contributed by atoms with Crippen LogP contribution in [-0.4, -0.2) is 45.4 Å². The summed E-state index contributed by atoms with van der Waals surface area (Å²) in [5.74, 6) is -1.59. The van der Waals surface area contributed by atoms with Crippen LogP contribution in [0.1, 0.15) is 58.8 Å². The number of carbonyl (C=O) groups excluding carboxylic acids is 1. The van der Waals surface area contributed by atoms with E-state index in [0.717, 1.165) is 31.7 Å². The van der Waals surface area contributed by atoms with Crippen molar-refractivity contribution in [1.82, 2.24) is 14.9 Å². The lowest BCUT2D eigenvalue weighted by atomic mass is 9.83. The van der Waals surface area contributed by atoms with Crippen molar-refractivity contribution < 1.29 is 28.2 Å². The van der Waals surface area contributed by atoms with Gasteiger partial charge in [-0.05, 0) is 32.6 Å². The Morgan fingerprint density at radius 3 is 2.53 bits per heavy atom. The van der Waals surface area contributed by atoms with Crippen molar-refractivity contribution >= 4 is 16.9 Å². The average Bonchev–Trinajstić information content (AvgIpc) is 3.11. The highest BCUT2D eigenvalue weighted by atomic mass is 19.1. The lowest BCUT2D eigenvalue weighted by molar-refractivity contribution is -0.119. The van der Waals surface area contributed by atoms with E-state index in [1.54, 1.807) is 14.0 Å². The third-order valence-electron chi connectivity index (χ3n) is 6.08. The Morgan fingerprint density at radius 2 is 1.97 bits per heavy atom. The van der Waals surface area contributed by atoms with E-state index < -0.39 is 11.6 Å². The summed E-state index contributed by atoms with van der Waals surface area (Å²) < 4.78 is 42.3. The summed E-state index contributed by atoms with van der Waals surface area (Å²) in [6, 6.07) is 3.30. The second-order valence-electron chi connectivity index (χ2n) is 9.02. The molecule has 1 aromatic heterocycles. The number of hydrogen-bond acceptors (Lipinski definition) is 6. The van der Waals surface area contributed by atoms with E-state index in [0.29, 0.717) is 12.8 Å². The second kappa shape index (κ2) is 11.5. The molecule has 4 rings (SSSR count). The molecular formula is C24H32F2N4O4. The molecule has 1 heterocycles. The number of aromatic nitrogens is 2. The number of aliphatic hydroxyl groups excluding tert-OH is 1. The van der Waals surface area contributed by atoms with E-state index in [4.69, 9.17) is 19.8 Å². The fraction of sp³-hybridized carbons (Fsp3) is 0.625. The second-order valence-corrected chi connectivity index (χ2v) is 9.02. The normalized spacial score (nSPS) is 21.0. The summed E-state index contributed by atoms with van der Waals surface area (Å²) in [4.78, 5) is 14.4. The van der Waals surface area contributed by atoms with Gasteiger partial charge in [0.05, 0.1) is 18.6 Å². The molecule has 2 aromatic rings. The zero-order valence-corrected chi connectivity index (χ0v) is 19.8. The minimum atomic E-state index is -0.643. The molecule has 10 heteroatoms. The Kier molecular flexibility index (Phi) is 8.67. The maximum Gasteiger partial charge on any atom is 0.297 e. The van der Waals surface area contributed by atoms with Crippen molar-refractivity contribution in [3.05, 3.63) is 17.7 Å². The van der Waals surface area contributed by atoms with Crippen molar-refractivity contribution in [2.24, 2.45) is 13.0 Å². The van der Waals surface area contributed by atoms with Gasteiger partial charge >= 0.3 is 0 Å². The SMILES string of the molecule is CC(=O)NC(C)CO.Cn1c(OC2CCCCC2)nc2c(F)cc(OC3CC(C#N)C3)c(F)c21. The van der Waals surface area contributed by atoms with Gasteiger partial charge in [-0.15, -0.1) is 0 Å². The molecule has 34 heavy (non-hydrogen) atoms. The van der Waals surface area contributed by atoms with E-state index in [2.05, 4.69) is 16.4 Å². The van der Waals surface area contributed by atoms with Crippen LogP contribution in [-0.2, 0) is 11.8 Å². The van der Waals surface area contributed by atoms with Crippen molar-refractivity contribution in [1.29, 1.82) is 5.26 Å². The zero-order valence-electron chi connectivity index (χ0n) is 19.8. The number of aryl methyl sites for hydroxylation is 1. The van der Waals surface area contributed by atoms with Crippen molar-refractivity contribution in [3.63, 3.8) is 0 Å². The zero-order chi connectivity index (χ0) is 24.8. The number of nitriles is 1. The molecule has 1 atom stereocenters. The van der Waals surface area contributed by atoms with Gasteiger partial charge in [0.25, 0.3) is 6.01 Å². The molecule has 0 aliphatic heterocycles. The highest BCUT2D eigenvalue weighted by Crippen LogP contribution is 2.36. The van der Waals surface area contributed by atoms with Gasteiger partial charge in [0.2, 0.25) is 5.91 Å². The minimum absolute atomic E-state index is 0.000417. The smallest absolute Gasteiger partial charge is 0.297 e. The number of nitrogens with zero attached hydrogens (tertiary/aromatic N) is 3. The molecule has 2 saturated carbocycles. The van der Waals surface area contributed by atoms with Gasteiger partial charge in [-0.2, -0.15) is 10.2 Å². The van der Waals surface area contributed by atoms with E-state index in [-0.39, 0.29) is 59.5 Å². The number of benzene rings is 1. The van der Waals surface area contributed by atoms with E-state index >= 15 is 0 Å². The topological polar surface area (TPSA) is 109 Å². The molecule has 0 radical (unpaired) electrons. The molecule has 2 aliphatic carbocycles. The fourth-order valence-corrected chi connectivity index (χ4v) is 4.12. The van der Waals surface area contributed by atoms with Crippen LogP contribution in [0.25, 0.3) is 11.0 Å². The number of fused-ring (bicyclic) bond motifs is 1. The maximum atomic E-state index is 14.9. The van der Waals surface area contributed by atoms with Crippen LogP contribution in [0.3, 0.4) is 0 Å². The number of rotatable bonds is 6. The number of aliphatic hydroxyl groups is 1. The van der Waals surface area contributed by atoms with E-state index in [1.807, 2.05) is 0 Å². The van der Waals surface area contributed by atoms with Gasteiger partial charge < -0.3 is 19.9 Å². The van der Waals surface area contributed by atoms with Crippen LogP contribution in [0.2, 0.25) is 0 Å². The molecule has 1 aromatic carbocycles. The van der Waals surface area contributed by atoms with E-state index in [1.165, 1.54) is 17.9 Å². The summed E-state index contributed by atoms with van der Waals surface area (Å²) in [6.07, 6.45) is 6.13. The van der Waals surface area contributed by atoms with E-state index in [9.17, 15) is 13.6 Å². The molecule has 0 saturated heterocycles. The Hall–Kier alpha value is -2.93. The lowest BCUT2D eigenvalue weighted by Crippen LogP contribution is -2.33. The number of hydrogen-bond donors (Lipinski definition) is 2. The minimum Gasteiger partial charge on any atom is -0.487 e. The molecule has 0 spiro atoms. The highest BCUT2D eigenvalue weighted by Gasteiger charge is 2.32. The first kappa shape index (κ1) is 25.7. The number of ether oxygens (including phenoxy) is 2. The summed E-state index contributed by atoms with van der Waals surface area (Å²) >= 11 is 0. The molecule has 1 unspecified atom stereocenters. The Balaban J connectivity index is 0.000000350. The van der Waals surface area contributed by atoms with Gasteiger partial charge in [0.15, 0.2) is 17.4 Å². The molecule has 2 aliphatic rings. The van der Waals surface area contributed by atoms with Crippen LogP contribution in [0.5, 0.6) is 11.8 Å². The summed E-state index contributed by atoms with van der Waals surface area (Å²) in [5.41, 5.74) is -0.00589. The molecule has 8 nitrogen and oxygen atoms in total.